The van der Waals surface area contributed by atoms with Crippen LogP contribution >= 0.6 is 0 Å². The van der Waals surface area contributed by atoms with Crippen molar-refractivity contribution in [3.05, 3.63) is 41.6 Å². The molecule has 0 aromatic heterocycles. The van der Waals surface area contributed by atoms with Crippen LogP contribution in [0, 0.1) is 13.8 Å². The molecule has 1 aromatic rings. The second kappa shape index (κ2) is 10.5. The third kappa shape index (κ3) is 7.13. The summed E-state index contributed by atoms with van der Waals surface area (Å²) in [6.45, 7) is 9.57. The van der Waals surface area contributed by atoms with Gasteiger partial charge in [0, 0.05) is 18.1 Å². The Balaban J connectivity index is 3.00. The average Bonchev–Trinajstić information content (AvgIpc) is 2.62. The number of esters is 1. The summed E-state index contributed by atoms with van der Waals surface area (Å²) in [7, 11) is 0. The van der Waals surface area contributed by atoms with Crippen LogP contribution in [0.4, 0.5) is 23.7 Å². The number of carbonyl (C=O) groups excluding carboxylic acids is 2. The maximum atomic E-state index is 12.9. The lowest BCUT2D eigenvalue weighted by Gasteiger charge is -2.22. The molecule has 10 heteroatoms. The van der Waals surface area contributed by atoms with Gasteiger partial charge in [-0.05, 0) is 51.0 Å². The zero-order valence-electron chi connectivity index (χ0n) is 16.7. The average molecular weight is 415 g/mol. The lowest BCUT2D eigenvalue weighted by molar-refractivity contribution is -0.153. The minimum absolute atomic E-state index is 0.0720. The highest BCUT2D eigenvalue weighted by Crippen LogP contribution is 2.33. The zero-order valence-corrected chi connectivity index (χ0v) is 16.7. The quantitative estimate of drug-likeness (QED) is 0.390. The van der Waals surface area contributed by atoms with Crippen LogP contribution in [-0.4, -0.2) is 42.5 Å². The Morgan fingerprint density at radius 2 is 1.90 bits per heavy atom. The lowest BCUT2D eigenvalue weighted by Crippen LogP contribution is -2.38. The van der Waals surface area contributed by atoms with Gasteiger partial charge in [-0.25, -0.2) is 9.59 Å². The van der Waals surface area contributed by atoms with E-state index in [1.165, 1.54) is 31.3 Å². The largest absolute Gasteiger partial charge is 0.463 e. The molecule has 0 fully saturated rings. The number of nitrogens with zero attached hydrogens (tertiary/aromatic N) is 2. The molecule has 0 spiro atoms. The van der Waals surface area contributed by atoms with Crippen LogP contribution in [0.3, 0.4) is 0 Å². The molecule has 160 valence electrons. The molecule has 0 aliphatic heterocycles. The normalized spacial score (nSPS) is 12.4. The first kappa shape index (κ1) is 24.0. The van der Waals surface area contributed by atoms with Crippen molar-refractivity contribution in [1.29, 1.82) is 0 Å². The molecule has 0 heterocycles. The molecular weight excluding hydrogens is 391 g/mol. The molecule has 0 bridgehead atoms. The Labute approximate surface area is 167 Å². The minimum atomic E-state index is -4.50. The van der Waals surface area contributed by atoms with Crippen LogP contribution in [-0.2, 0) is 20.4 Å². The van der Waals surface area contributed by atoms with Crippen molar-refractivity contribution in [2.24, 2.45) is 5.10 Å². The summed E-state index contributed by atoms with van der Waals surface area (Å²) in [6.07, 6.45) is -4.06. The number of rotatable bonds is 8. The number of halogens is 3. The number of hydrogen-bond acceptors (Lipinski definition) is 6. The van der Waals surface area contributed by atoms with E-state index in [4.69, 9.17) is 9.47 Å². The van der Waals surface area contributed by atoms with Crippen LogP contribution in [0.1, 0.15) is 30.5 Å². The number of ether oxygens (including phenoxy) is 2. The molecule has 7 nitrogen and oxygen atoms in total. The number of amides is 1. The van der Waals surface area contributed by atoms with Crippen LogP contribution in [0.2, 0.25) is 0 Å². The highest BCUT2D eigenvalue weighted by molar-refractivity contribution is 5.89. The summed E-state index contributed by atoms with van der Waals surface area (Å²) in [5, 5.41) is 7.61. The Morgan fingerprint density at radius 3 is 2.34 bits per heavy atom. The van der Waals surface area contributed by atoms with E-state index in [0.29, 0.717) is 0 Å². The van der Waals surface area contributed by atoms with Crippen LogP contribution in [0.25, 0.3) is 0 Å². The van der Waals surface area contributed by atoms with Crippen LogP contribution in [0.15, 0.2) is 30.0 Å². The Hall–Kier alpha value is -3.04. The van der Waals surface area contributed by atoms with Gasteiger partial charge in [-0.3, -0.25) is 10.3 Å². The van der Waals surface area contributed by atoms with E-state index in [9.17, 15) is 22.8 Å². The number of hydrogen-bond donors (Lipinski definition) is 1. The molecule has 1 aromatic carbocycles. The van der Waals surface area contributed by atoms with E-state index in [1.54, 1.807) is 13.8 Å². The lowest BCUT2D eigenvalue weighted by atomic mass is 10.0. The van der Waals surface area contributed by atoms with E-state index in [0.717, 1.165) is 12.1 Å². The van der Waals surface area contributed by atoms with E-state index < -0.39 is 29.9 Å². The topological polar surface area (TPSA) is 80.2 Å². The number of alkyl halides is 3. The predicted molar refractivity (Wildman–Crippen MR) is 103 cm³/mol. The summed E-state index contributed by atoms with van der Waals surface area (Å²) in [4.78, 5) is 24.4. The molecule has 1 rings (SSSR count). The molecule has 0 saturated heterocycles. The van der Waals surface area contributed by atoms with Gasteiger partial charge in [0.1, 0.15) is 0 Å². The Bertz CT molecular complexity index is 755. The van der Waals surface area contributed by atoms with Gasteiger partial charge >= 0.3 is 18.2 Å². The monoisotopic (exact) mass is 415 g/mol. The van der Waals surface area contributed by atoms with Crippen LogP contribution < -0.4 is 5.32 Å². The minimum Gasteiger partial charge on any atom is -0.463 e. The molecule has 0 saturated carbocycles. The SMILES string of the molecule is C=CN(CC(OC(=O)Nc1c(C)cc(C(F)(F)F)cc1C)C(=O)OCC)/N=C/C. The zero-order chi connectivity index (χ0) is 22.2. The number of hydrazone groups is 1. The highest BCUT2D eigenvalue weighted by atomic mass is 19.4. The number of aryl methyl sites for hydroxylation is 2. The highest BCUT2D eigenvalue weighted by Gasteiger charge is 2.32. The number of benzene rings is 1. The molecular formula is C19H24F3N3O4. The number of nitrogens with one attached hydrogen (secondary N) is 1. The smallest absolute Gasteiger partial charge is 0.416 e. The van der Waals surface area contributed by atoms with Crippen LogP contribution in [0.5, 0.6) is 0 Å². The second-order valence-electron chi connectivity index (χ2n) is 5.93. The summed E-state index contributed by atoms with van der Waals surface area (Å²) in [5.74, 6) is -0.790. The molecule has 1 atom stereocenters. The van der Waals surface area contributed by atoms with Crippen molar-refractivity contribution in [2.75, 3.05) is 18.5 Å². The predicted octanol–water partition coefficient (Wildman–Crippen LogP) is 4.25. The Kier molecular flexibility index (Phi) is 8.68. The van der Waals surface area contributed by atoms with Gasteiger partial charge < -0.3 is 9.47 Å². The van der Waals surface area contributed by atoms with Crippen molar-refractivity contribution in [3.63, 3.8) is 0 Å². The first-order chi connectivity index (χ1) is 13.5. The molecule has 0 aliphatic carbocycles. The molecule has 1 N–H and O–H groups in total. The van der Waals surface area contributed by atoms with Gasteiger partial charge in [0.25, 0.3) is 0 Å². The van der Waals surface area contributed by atoms with Crippen molar-refractivity contribution in [3.8, 4) is 0 Å². The van der Waals surface area contributed by atoms with Crippen molar-refractivity contribution >= 4 is 24.0 Å². The number of anilines is 1. The van der Waals surface area contributed by atoms with E-state index >= 15 is 0 Å². The summed E-state index contributed by atoms with van der Waals surface area (Å²) >= 11 is 0. The second-order valence-corrected chi connectivity index (χ2v) is 5.93. The van der Waals surface area contributed by atoms with E-state index in [1.807, 2.05) is 0 Å². The van der Waals surface area contributed by atoms with Gasteiger partial charge in [-0.1, -0.05) is 6.58 Å². The van der Waals surface area contributed by atoms with E-state index in [-0.39, 0.29) is 30.0 Å². The summed E-state index contributed by atoms with van der Waals surface area (Å²) in [6, 6.07) is 1.84. The third-order valence-corrected chi connectivity index (χ3v) is 3.71. The number of carbonyl (C=O) groups is 2. The fourth-order valence-corrected chi connectivity index (χ4v) is 2.47. The third-order valence-electron chi connectivity index (χ3n) is 3.71. The van der Waals surface area contributed by atoms with Crippen molar-refractivity contribution in [2.45, 2.75) is 40.0 Å². The fourth-order valence-electron chi connectivity index (χ4n) is 2.47. The van der Waals surface area contributed by atoms with Gasteiger partial charge in [0.2, 0.25) is 6.10 Å². The first-order valence-electron chi connectivity index (χ1n) is 8.73. The van der Waals surface area contributed by atoms with Crippen molar-refractivity contribution in [1.82, 2.24) is 5.01 Å². The van der Waals surface area contributed by atoms with Gasteiger partial charge in [0.15, 0.2) is 0 Å². The Morgan fingerprint density at radius 1 is 1.31 bits per heavy atom. The molecule has 0 aliphatic rings. The van der Waals surface area contributed by atoms with Gasteiger partial charge in [-0.2, -0.15) is 18.3 Å². The van der Waals surface area contributed by atoms with Crippen molar-refractivity contribution < 1.29 is 32.2 Å². The van der Waals surface area contributed by atoms with Gasteiger partial charge in [-0.15, -0.1) is 0 Å². The fraction of sp³-hybridized carbons (Fsp3) is 0.421. The maximum Gasteiger partial charge on any atom is 0.416 e. The molecule has 0 radical (unpaired) electrons. The first-order valence-corrected chi connectivity index (χ1v) is 8.73. The standard InChI is InChI=1S/C19H24F3N3O4/c1-6-23-25(7-2)11-15(17(26)28-8-3)29-18(27)24-16-12(4)9-14(10-13(16)5)19(20,21)22/h6-7,9-10,15H,2,8,11H2,1,3-5H3,(H,24,27)/b23-6+. The summed E-state index contributed by atoms with van der Waals surface area (Å²) in [5.41, 5.74) is -0.261. The molecule has 29 heavy (non-hydrogen) atoms. The molecule has 1 unspecified atom stereocenters. The maximum absolute atomic E-state index is 12.9. The molecule has 1 amide bonds. The van der Waals surface area contributed by atoms with E-state index in [2.05, 4.69) is 17.0 Å². The summed E-state index contributed by atoms with van der Waals surface area (Å²) < 4.78 is 48.8. The van der Waals surface area contributed by atoms with Gasteiger partial charge in [0.05, 0.1) is 18.7 Å².